The molecule has 1 heterocycles. The highest BCUT2D eigenvalue weighted by Crippen LogP contribution is 2.18. The topological polar surface area (TPSA) is 314 Å². The normalized spacial score (nSPS) is 12.3. The number of aliphatic carboxylic acids is 1. The van der Waals surface area contributed by atoms with E-state index < -0.39 is 23.9 Å². The summed E-state index contributed by atoms with van der Waals surface area (Å²) < 4.78 is 27.4. The number of Topliss-reactive ketones (excluding diaryl/α,β-unsaturated/α-hetero) is 3. The molecule has 3 amide bonds. The number of aromatic carboxylic acids is 1. The third-order valence-corrected chi connectivity index (χ3v) is 12.8. The highest BCUT2D eigenvalue weighted by atomic mass is 16.5. The van der Waals surface area contributed by atoms with Crippen molar-refractivity contribution in [3.05, 3.63) is 48.0 Å². The number of carbonyl (C=O) groups excluding carboxylic acids is 6. The van der Waals surface area contributed by atoms with Crippen LogP contribution in [0.1, 0.15) is 164 Å². The SMILES string of the molecule is CC(CCCCNC(=O)COCCOCCNC(=O)[C@@H](N)CCCCCC(=O)COCCOCCNC(=O)CC[C@H](CC(=O)CCCCCCCCCOc1ccc(C(=O)O)cc1)C(=O)O)CCC(=O)CCc1cnc[nH]1. The fourth-order valence-electron chi connectivity index (χ4n) is 8.04. The molecular weight excluding hydrogens is 997 g/mol. The van der Waals surface area contributed by atoms with Crippen LogP contribution in [0.25, 0.3) is 0 Å². The number of aromatic amines is 1. The fourth-order valence-corrected chi connectivity index (χ4v) is 8.04. The fraction of sp³-hybridized carbons (Fsp3) is 0.696. The molecular formula is C56H90N6O15. The molecule has 77 heavy (non-hydrogen) atoms. The summed E-state index contributed by atoms with van der Waals surface area (Å²) in [6.07, 6.45) is 18.5. The van der Waals surface area contributed by atoms with E-state index in [1.165, 1.54) is 12.1 Å². The standard InChI is InChI=1S/C56H90N6O15/c1-43(18-23-47(63)24-22-46-39-58-42-62-46)14-11-12-28-59-53(67)41-76-37-35-74-33-30-61-54(68)51(57)17-10-7-9-16-49(65)40-75-36-34-73-32-29-60-52(66)27-21-45(56(71)72)38-48(64)15-8-5-3-2-4-6-13-31-77-50-25-19-44(20-26-50)55(69)70/h19-20,25-26,39,42-43,45,51H,2-18,21-24,27-38,40-41,57H2,1H3,(H,58,62)(H,59,67)(H,60,66)(H,61,68)(H,69,70)(H,71,72)/t43?,45-,51+/m1/s1. The van der Waals surface area contributed by atoms with Gasteiger partial charge < -0.3 is 60.6 Å². The molecule has 0 aliphatic carbocycles. The lowest BCUT2D eigenvalue weighted by molar-refractivity contribution is -0.144. The molecule has 8 N–H and O–H groups in total. The number of hydrogen-bond donors (Lipinski definition) is 7. The number of aromatic nitrogens is 2. The van der Waals surface area contributed by atoms with Crippen LogP contribution >= 0.6 is 0 Å². The van der Waals surface area contributed by atoms with Gasteiger partial charge in [-0.2, -0.15) is 0 Å². The van der Waals surface area contributed by atoms with Crippen LogP contribution in [0, 0.1) is 11.8 Å². The summed E-state index contributed by atoms with van der Waals surface area (Å²) in [6, 6.07) is 5.64. The number of aryl methyl sites for hydroxylation is 1. The van der Waals surface area contributed by atoms with Crippen molar-refractivity contribution < 1.29 is 72.3 Å². The molecule has 2 rings (SSSR count). The number of amides is 3. The van der Waals surface area contributed by atoms with E-state index in [1.54, 1.807) is 24.7 Å². The number of nitrogens with two attached hydrogens (primary N) is 1. The molecule has 2 aromatic rings. The lowest BCUT2D eigenvalue weighted by atomic mass is 9.94. The Labute approximate surface area is 455 Å². The monoisotopic (exact) mass is 1090 g/mol. The predicted molar refractivity (Wildman–Crippen MR) is 288 cm³/mol. The molecule has 0 radical (unpaired) electrons. The van der Waals surface area contributed by atoms with Crippen molar-refractivity contribution in [2.75, 3.05) is 79.1 Å². The predicted octanol–water partition coefficient (Wildman–Crippen LogP) is 6.10. The zero-order valence-corrected chi connectivity index (χ0v) is 45.7. The lowest BCUT2D eigenvalue weighted by Crippen LogP contribution is -2.41. The van der Waals surface area contributed by atoms with Crippen molar-refractivity contribution in [1.82, 2.24) is 25.9 Å². The van der Waals surface area contributed by atoms with Gasteiger partial charge in [0.15, 0.2) is 5.78 Å². The van der Waals surface area contributed by atoms with Crippen LogP contribution < -0.4 is 26.4 Å². The van der Waals surface area contributed by atoms with Gasteiger partial charge in [-0.1, -0.05) is 64.7 Å². The molecule has 0 fully saturated rings. The second-order valence-electron chi connectivity index (χ2n) is 19.5. The number of carboxylic acids is 2. The maximum absolute atomic E-state index is 12.5. The summed E-state index contributed by atoms with van der Waals surface area (Å²) in [6.45, 7) is 5.10. The number of benzene rings is 1. The third kappa shape index (κ3) is 37.7. The van der Waals surface area contributed by atoms with Gasteiger partial charge in [0, 0.05) is 70.0 Å². The van der Waals surface area contributed by atoms with Crippen molar-refractivity contribution in [3.8, 4) is 5.75 Å². The van der Waals surface area contributed by atoms with E-state index in [9.17, 15) is 43.5 Å². The van der Waals surface area contributed by atoms with Crippen LogP contribution in [0.5, 0.6) is 5.75 Å². The van der Waals surface area contributed by atoms with Gasteiger partial charge >= 0.3 is 11.9 Å². The molecule has 21 nitrogen and oxygen atoms in total. The molecule has 434 valence electrons. The molecule has 3 atom stereocenters. The molecule has 0 aliphatic rings. The number of ether oxygens (including phenoxy) is 5. The number of imidazole rings is 1. The zero-order valence-electron chi connectivity index (χ0n) is 45.7. The average molecular weight is 1090 g/mol. The van der Waals surface area contributed by atoms with Crippen LogP contribution in [-0.2, 0) is 58.9 Å². The zero-order chi connectivity index (χ0) is 56.1. The van der Waals surface area contributed by atoms with Crippen molar-refractivity contribution in [1.29, 1.82) is 0 Å². The number of nitrogens with zero attached hydrogens (tertiary/aromatic N) is 1. The van der Waals surface area contributed by atoms with Crippen LogP contribution in [0.3, 0.4) is 0 Å². The first-order valence-corrected chi connectivity index (χ1v) is 27.8. The van der Waals surface area contributed by atoms with Gasteiger partial charge in [-0.3, -0.25) is 33.6 Å². The first-order valence-electron chi connectivity index (χ1n) is 27.8. The number of unbranched alkanes of at least 4 members (excludes halogenated alkanes) is 9. The second kappa shape index (κ2) is 44.4. The molecule has 1 aromatic carbocycles. The Hall–Kier alpha value is -5.61. The number of carboxylic acid groups (broad SMARTS) is 2. The Kier molecular flexibility index (Phi) is 38.9. The van der Waals surface area contributed by atoms with Crippen molar-refractivity contribution in [3.63, 3.8) is 0 Å². The van der Waals surface area contributed by atoms with E-state index in [1.807, 2.05) is 0 Å². The van der Waals surface area contributed by atoms with E-state index in [2.05, 4.69) is 32.8 Å². The summed E-state index contributed by atoms with van der Waals surface area (Å²) in [5.41, 5.74) is 7.22. The van der Waals surface area contributed by atoms with Gasteiger partial charge in [-0.25, -0.2) is 9.78 Å². The number of hydrogen-bond acceptors (Lipinski definition) is 15. The highest BCUT2D eigenvalue weighted by Gasteiger charge is 2.22. The van der Waals surface area contributed by atoms with Crippen LogP contribution in [0.15, 0.2) is 36.8 Å². The number of nitrogens with one attached hydrogen (secondary N) is 4. The van der Waals surface area contributed by atoms with E-state index in [-0.39, 0.29) is 126 Å². The van der Waals surface area contributed by atoms with Crippen molar-refractivity contribution in [2.24, 2.45) is 17.6 Å². The minimum Gasteiger partial charge on any atom is -0.494 e. The van der Waals surface area contributed by atoms with Gasteiger partial charge in [0.05, 0.1) is 70.1 Å². The molecule has 1 aromatic heterocycles. The minimum atomic E-state index is -1.10. The van der Waals surface area contributed by atoms with Gasteiger partial charge in [0.1, 0.15) is 30.5 Å². The van der Waals surface area contributed by atoms with Crippen molar-refractivity contribution in [2.45, 2.75) is 161 Å². The van der Waals surface area contributed by atoms with Crippen LogP contribution in [-0.4, -0.2) is 152 Å². The summed E-state index contributed by atoms with van der Waals surface area (Å²) in [7, 11) is 0. The first-order chi connectivity index (χ1) is 37.2. The van der Waals surface area contributed by atoms with Gasteiger partial charge in [0.2, 0.25) is 17.7 Å². The molecule has 0 bridgehead atoms. The highest BCUT2D eigenvalue weighted by molar-refractivity contribution is 5.87. The Bertz CT molecular complexity index is 1950. The van der Waals surface area contributed by atoms with Crippen LogP contribution in [0.2, 0.25) is 0 Å². The smallest absolute Gasteiger partial charge is 0.335 e. The van der Waals surface area contributed by atoms with Gasteiger partial charge in [0.25, 0.3) is 0 Å². The third-order valence-electron chi connectivity index (χ3n) is 12.8. The second-order valence-corrected chi connectivity index (χ2v) is 19.5. The summed E-state index contributed by atoms with van der Waals surface area (Å²) in [4.78, 5) is 103. The van der Waals surface area contributed by atoms with Gasteiger partial charge in [-0.15, -0.1) is 0 Å². The molecule has 0 aliphatic heterocycles. The lowest BCUT2D eigenvalue weighted by Gasteiger charge is -2.12. The molecule has 0 spiro atoms. The average Bonchev–Trinajstić information content (AvgIpc) is 3.94. The first kappa shape index (κ1) is 67.5. The maximum atomic E-state index is 12.5. The van der Waals surface area contributed by atoms with Gasteiger partial charge in [-0.05, 0) is 81.5 Å². The Morgan fingerprint density at radius 3 is 1.86 bits per heavy atom. The molecule has 0 saturated heterocycles. The van der Waals surface area contributed by atoms with E-state index >= 15 is 0 Å². The number of rotatable bonds is 52. The Balaban J connectivity index is 1.32. The number of H-pyrrole nitrogens is 1. The largest absolute Gasteiger partial charge is 0.494 e. The summed E-state index contributed by atoms with van der Waals surface area (Å²) >= 11 is 0. The Morgan fingerprint density at radius 1 is 0.571 bits per heavy atom. The van der Waals surface area contributed by atoms with E-state index in [0.29, 0.717) is 82.6 Å². The quantitative estimate of drug-likeness (QED) is 0.0368. The van der Waals surface area contributed by atoms with E-state index in [4.69, 9.17) is 34.5 Å². The maximum Gasteiger partial charge on any atom is 0.335 e. The Morgan fingerprint density at radius 2 is 1.18 bits per heavy atom. The minimum absolute atomic E-state index is 0.0229. The molecule has 0 saturated carbocycles. The molecule has 1 unspecified atom stereocenters. The number of carbonyl (C=O) groups is 8. The van der Waals surface area contributed by atoms with Crippen LogP contribution in [0.4, 0.5) is 0 Å². The summed E-state index contributed by atoms with van der Waals surface area (Å²) in [5, 5.41) is 26.9. The van der Waals surface area contributed by atoms with E-state index in [0.717, 1.165) is 76.3 Å². The summed E-state index contributed by atoms with van der Waals surface area (Å²) in [5.74, 6) is -2.59. The number of ketones is 3. The van der Waals surface area contributed by atoms with Crippen molar-refractivity contribution >= 4 is 47.0 Å². The molecule has 21 heteroatoms.